The van der Waals surface area contributed by atoms with Gasteiger partial charge in [0.1, 0.15) is 11.5 Å². The minimum absolute atomic E-state index is 0.134. The van der Waals surface area contributed by atoms with E-state index in [9.17, 15) is 4.79 Å². The highest BCUT2D eigenvalue weighted by molar-refractivity contribution is 6.03. The molecule has 1 heterocycles. The van der Waals surface area contributed by atoms with Crippen molar-refractivity contribution in [3.05, 3.63) is 11.9 Å². The highest BCUT2D eigenvalue weighted by Gasteiger charge is 2.55. The van der Waals surface area contributed by atoms with E-state index in [0.717, 1.165) is 25.7 Å². The average Bonchev–Trinajstić information content (AvgIpc) is 3.00. The Morgan fingerprint density at radius 3 is 2.53 bits per heavy atom. The second-order valence-electron chi connectivity index (χ2n) is 6.11. The van der Waals surface area contributed by atoms with E-state index in [1.54, 1.807) is 11.9 Å². The summed E-state index contributed by atoms with van der Waals surface area (Å²) in [5, 5.41) is 8.42. The number of amidine groups is 1. The fraction of sp³-hybridized carbons (Fsp3) is 0.714. The minimum Gasteiger partial charge on any atom is -0.403 e. The maximum Gasteiger partial charge on any atom is 0.234 e. The fourth-order valence-corrected chi connectivity index (χ4v) is 3.49. The van der Waals surface area contributed by atoms with Gasteiger partial charge in [0.2, 0.25) is 5.91 Å². The Morgan fingerprint density at radius 2 is 2.00 bits per heavy atom. The van der Waals surface area contributed by atoms with Crippen LogP contribution in [0.25, 0.3) is 0 Å². The molecular weight excluding hydrogens is 240 g/mol. The van der Waals surface area contributed by atoms with Gasteiger partial charge in [-0.2, -0.15) is 0 Å². The lowest BCUT2D eigenvalue weighted by atomic mass is 10.0. The van der Waals surface area contributed by atoms with Crippen LogP contribution >= 0.6 is 0 Å². The summed E-state index contributed by atoms with van der Waals surface area (Å²) in [5.74, 6) is 0.559. The van der Waals surface area contributed by atoms with Crippen LogP contribution in [-0.2, 0) is 4.79 Å². The first-order valence-electron chi connectivity index (χ1n) is 7.15. The summed E-state index contributed by atoms with van der Waals surface area (Å²) in [4.78, 5) is 16.2. The minimum atomic E-state index is -0.242. The highest BCUT2D eigenvalue weighted by atomic mass is 16.2. The summed E-state index contributed by atoms with van der Waals surface area (Å²) in [6.07, 6.45) is 8.03. The maximum atomic E-state index is 12.5. The van der Waals surface area contributed by atoms with Crippen molar-refractivity contribution in [3.8, 4) is 0 Å². The number of likely N-dealkylation sites (N-methyl/N-ethyl adjacent to an activating group) is 1. The summed E-state index contributed by atoms with van der Waals surface area (Å²) in [6, 6.07) is 0.416. The maximum absolute atomic E-state index is 12.5. The van der Waals surface area contributed by atoms with Crippen molar-refractivity contribution in [2.45, 2.75) is 44.6 Å². The smallest absolute Gasteiger partial charge is 0.234 e. The summed E-state index contributed by atoms with van der Waals surface area (Å²) in [6.45, 7) is 0.705. The van der Waals surface area contributed by atoms with Gasteiger partial charge in [0.05, 0.1) is 5.41 Å². The van der Waals surface area contributed by atoms with Crippen LogP contribution in [0.1, 0.15) is 38.5 Å². The molecule has 2 saturated carbocycles. The van der Waals surface area contributed by atoms with Gasteiger partial charge in [-0.1, -0.05) is 12.8 Å². The number of nitrogens with two attached hydrogens (primary N) is 1. The van der Waals surface area contributed by atoms with Gasteiger partial charge in [0.15, 0.2) is 0 Å². The first-order valence-corrected chi connectivity index (χ1v) is 7.15. The lowest BCUT2D eigenvalue weighted by molar-refractivity contribution is -0.133. The Kier molecular flexibility index (Phi) is 2.80. The molecule has 5 nitrogen and oxygen atoms in total. The number of nitrogens with one attached hydrogen (secondary N) is 1. The van der Waals surface area contributed by atoms with Gasteiger partial charge >= 0.3 is 0 Å². The van der Waals surface area contributed by atoms with Crippen molar-refractivity contribution >= 4 is 11.7 Å². The van der Waals surface area contributed by atoms with Gasteiger partial charge in [-0.15, -0.1) is 0 Å². The first kappa shape index (κ1) is 12.5. The van der Waals surface area contributed by atoms with Crippen LogP contribution in [0.15, 0.2) is 11.9 Å². The van der Waals surface area contributed by atoms with Crippen LogP contribution < -0.4 is 5.73 Å². The third kappa shape index (κ3) is 1.83. The molecule has 5 heteroatoms. The number of rotatable bonds is 1. The third-order valence-corrected chi connectivity index (χ3v) is 4.90. The predicted octanol–water partition coefficient (Wildman–Crippen LogP) is 1.26. The second-order valence-corrected chi connectivity index (χ2v) is 6.11. The summed E-state index contributed by atoms with van der Waals surface area (Å²) in [5.41, 5.74) is 5.98. The van der Waals surface area contributed by atoms with Crippen molar-refractivity contribution in [1.82, 2.24) is 9.80 Å². The highest BCUT2D eigenvalue weighted by Crippen LogP contribution is 2.50. The Labute approximate surface area is 113 Å². The molecule has 0 bridgehead atoms. The van der Waals surface area contributed by atoms with Crippen molar-refractivity contribution in [2.75, 3.05) is 13.6 Å². The molecule has 0 aromatic heterocycles. The van der Waals surface area contributed by atoms with Crippen LogP contribution in [0.5, 0.6) is 0 Å². The molecule has 3 N–H and O–H groups in total. The van der Waals surface area contributed by atoms with Gasteiger partial charge in [0, 0.05) is 25.8 Å². The molecule has 0 atom stereocenters. The molecule has 0 unspecified atom stereocenters. The SMILES string of the molecule is CN1C(=O)C2(CC2)CN(C2CCCC2)C(=N)/C1=C\N. The first-order chi connectivity index (χ1) is 9.09. The van der Waals surface area contributed by atoms with Gasteiger partial charge in [-0.3, -0.25) is 10.2 Å². The molecule has 3 rings (SSSR count). The normalized spacial score (nSPS) is 29.4. The molecule has 0 aromatic rings. The molecule has 19 heavy (non-hydrogen) atoms. The third-order valence-electron chi connectivity index (χ3n) is 4.90. The van der Waals surface area contributed by atoms with Crippen molar-refractivity contribution in [2.24, 2.45) is 11.1 Å². The lowest BCUT2D eigenvalue weighted by Crippen LogP contribution is -2.42. The Morgan fingerprint density at radius 1 is 1.37 bits per heavy atom. The summed E-state index contributed by atoms with van der Waals surface area (Å²) in [7, 11) is 1.74. The van der Waals surface area contributed by atoms with E-state index in [2.05, 4.69) is 4.90 Å². The zero-order valence-corrected chi connectivity index (χ0v) is 11.5. The molecular formula is C14H22N4O. The Balaban J connectivity index is 1.95. The Hall–Kier alpha value is -1.52. The number of carbonyl (C=O) groups excluding carboxylic acids is 1. The number of hydrogen-bond donors (Lipinski definition) is 2. The van der Waals surface area contributed by atoms with E-state index < -0.39 is 0 Å². The number of amides is 1. The molecule has 1 amide bonds. The van der Waals surface area contributed by atoms with Crippen molar-refractivity contribution < 1.29 is 4.79 Å². The molecule has 1 saturated heterocycles. The van der Waals surface area contributed by atoms with Gasteiger partial charge in [-0.25, -0.2) is 0 Å². The van der Waals surface area contributed by atoms with Crippen LogP contribution in [0.2, 0.25) is 0 Å². The molecule has 1 spiro atoms. The van der Waals surface area contributed by atoms with Gasteiger partial charge in [0.25, 0.3) is 0 Å². The zero-order chi connectivity index (χ0) is 13.6. The van der Waals surface area contributed by atoms with Crippen molar-refractivity contribution in [3.63, 3.8) is 0 Å². The summed E-state index contributed by atoms with van der Waals surface area (Å²) >= 11 is 0. The van der Waals surface area contributed by atoms with E-state index in [1.807, 2.05) is 0 Å². The largest absolute Gasteiger partial charge is 0.403 e. The monoisotopic (exact) mass is 262 g/mol. The molecule has 1 aliphatic heterocycles. The average molecular weight is 262 g/mol. The van der Waals surface area contributed by atoms with E-state index >= 15 is 0 Å². The molecule has 0 aromatic carbocycles. The number of nitrogens with zero attached hydrogens (tertiary/aromatic N) is 2. The fourth-order valence-electron chi connectivity index (χ4n) is 3.49. The van der Waals surface area contributed by atoms with Crippen LogP contribution in [0.4, 0.5) is 0 Å². The van der Waals surface area contributed by atoms with E-state index in [0.29, 0.717) is 24.1 Å². The van der Waals surface area contributed by atoms with Crippen LogP contribution in [0, 0.1) is 10.8 Å². The molecule has 0 radical (unpaired) electrons. The van der Waals surface area contributed by atoms with Gasteiger partial charge in [-0.05, 0) is 25.7 Å². The molecule has 2 aliphatic carbocycles. The van der Waals surface area contributed by atoms with Crippen LogP contribution in [0.3, 0.4) is 0 Å². The van der Waals surface area contributed by atoms with Crippen LogP contribution in [-0.4, -0.2) is 41.2 Å². The molecule has 3 fully saturated rings. The topological polar surface area (TPSA) is 73.4 Å². The molecule has 3 aliphatic rings. The summed E-state index contributed by atoms with van der Waals surface area (Å²) < 4.78 is 0. The zero-order valence-electron chi connectivity index (χ0n) is 11.5. The number of hydrogen-bond acceptors (Lipinski definition) is 3. The molecule has 104 valence electrons. The quantitative estimate of drug-likeness (QED) is 0.747. The lowest BCUT2D eigenvalue weighted by Gasteiger charge is -2.31. The number of carbonyl (C=O) groups is 1. The predicted molar refractivity (Wildman–Crippen MR) is 73.4 cm³/mol. The second kappa shape index (κ2) is 4.25. The standard InChI is InChI=1S/C14H22N4O/c1-17-11(8-15)12(16)18(10-4-2-3-5-10)9-14(6-7-14)13(17)19/h8,10,16H,2-7,9,15H2,1H3/b11-8+,16-12?. The van der Waals surface area contributed by atoms with Gasteiger partial charge < -0.3 is 15.5 Å². The van der Waals surface area contributed by atoms with E-state index in [1.165, 1.54) is 19.0 Å². The Bertz CT molecular complexity index is 446. The van der Waals surface area contributed by atoms with E-state index in [-0.39, 0.29) is 11.3 Å². The van der Waals surface area contributed by atoms with E-state index in [4.69, 9.17) is 11.1 Å². The van der Waals surface area contributed by atoms with Crippen molar-refractivity contribution in [1.29, 1.82) is 5.41 Å².